The molecule has 0 spiro atoms. The number of nitrogens with zero attached hydrogens (tertiary/aromatic N) is 1. The van der Waals surface area contributed by atoms with Gasteiger partial charge in [0.15, 0.2) is 34.5 Å². The molecule has 0 amide bonds. The normalized spacial score (nSPS) is 43.5. The summed E-state index contributed by atoms with van der Waals surface area (Å²) >= 11 is 0. The van der Waals surface area contributed by atoms with Crippen LogP contribution >= 0.6 is 0 Å². The minimum atomic E-state index is -4.03. The van der Waals surface area contributed by atoms with Gasteiger partial charge in [-0.2, -0.15) is 13.7 Å². The molecule has 3 aromatic rings. The lowest BCUT2D eigenvalue weighted by atomic mass is 9.34. The zero-order chi connectivity index (χ0) is 79.8. The molecular weight excluding hydrogens is 1370 g/mol. The molecule has 3 aromatic carbocycles. The Morgan fingerprint density at radius 3 is 1.06 bits per heavy atom. The molecule has 108 heavy (non-hydrogen) atoms. The minimum absolute atomic E-state index is 0.0218. The van der Waals surface area contributed by atoms with Crippen LogP contribution in [0.2, 0.25) is 0 Å². The van der Waals surface area contributed by atoms with Gasteiger partial charge in [0.2, 0.25) is 0 Å². The van der Waals surface area contributed by atoms with E-state index in [-0.39, 0.29) is 117 Å². The average molecular weight is 1500 g/mol. The fraction of sp³-hybridized carbons (Fsp3) is 0.677. The third-order valence-electron chi connectivity index (χ3n) is 36.4. The Morgan fingerprint density at radius 2 is 0.741 bits per heavy atom. The lowest BCUT2D eigenvalue weighted by Gasteiger charge is -2.70. The maximum absolute atomic E-state index is 13.4. The number of fused-ring (bicyclic) bond motifs is 21. The largest absolute Gasteiger partial charge is 0.504 e. The van der Waals surface area contributed by atoms with Gasteiger partial charge in [-0.25, -0.2) is 0 Å². The van der Waals surface area contributed by atoms with E-state index in [1.54, 1.807) is 39.0 Å². The number of hydrogen-bond acceptors (Lipinski definition) is 13. The van der Waals surface area contributed by atoms with Crippen LogP contribution in [-0.2, 0) is 44.9 Å². The predicted octanol–water partition coefficient (Wildman–Crippen LogP) is 20.7. The first kappa shape index (κ1) is 79.5. The fourth-order valence-corrected chi connectivity index (χ4v) is 28.7. The molecule has 0 heterocycles. The van der Waals surface area contributed by atoms with Crippen molar-refractivity contribution in [3.05, 3.63) is 103 Å². The molecule has 0 bridgehead atoms. The number of carbonyl (C=O) groups excluding carboxylic acids is 2. The van der Waals surface area contributed by atoms with Gasteiger partial charge in [-0.15, -0.1) is 6.42 Å². The van der Waals surface area contributed by atoms with Crippen molar-refractivity contribution in [3.8, 4) is 52.9 Å². The third kappa shape index (κ3) is 10.5. The van der Waals surface area contributed by atoms with Crippen molar-refractivity contribution in [3.63, 3.8) is 0 Å². The molecule has 0 aliphatic heterocycles. The number of nitriles is 1. The molecule has 9 fully saturated rings. The number of phenolic OH excluding ortho intramolecular Hbond substituents is 6. The van der Waals surface area contributed by atoms with Crippen LogP contribution in [-0.4, -0.2) is 68.8 Å². The van der Waals surface area contributed by atoms with Gasteiger partial charge in [-0.05, 0) is 311 Å². The van der Waals surface area contributed by atoms with Crippen molar-refractivity contribution in [2.45, 2.75) is 307 Å². The van der Waals surface area contributed by atoms with Gasteiger partial charge >= 0.3 is 5.97 Å². The van der Waals surface area contributed by atoms with Crippen LogP contribution < -0.4 is 0 Å². The number of rotatable bonds is 5. The van der Waals surface area contributed by atoms with Crippen LogP contribution in [0.1, 0.15) is 320 Å². The summed E-state index contributed by atoms with van der Waals surface area (Å²) in [5.74, 6) is 2.37. The van der Waals surface area contributed by atoms with Crippen LogP contribution in [0.5, 0.6) is 34.5 Å². The van der Waals surface area contributed by atoms with Gasteiger partial charge in [-0.1, -0.05) is 138 Å². The summed E-state index contributed by atoms with van der Waals surface area (Å²) in [6, 6.07) is 7.55. The Balaban J connectivity index is 0.000000143. The number of phenols is 6. The number of hydrogen-bond donors (Lipinski definition) is 7. The zero-order valence-electron chi connectivity index (χ0n) is 68.8. The highest BCUT2D eigenvalue weighted by atomic mass is 32.2. The molecule has 12 aliphatic carbocycles. The standard InChI is InChI=1S/C31H41NO3.C31H44O6S.C31H40O4/c1-18-25-20(17-32)14-23-29(5,21(25)15-22(34)26(18)35)11-13-31(7)24-16-28(4,19(2)33)9-8-27(24,3)10-12-30(23,31)6;1-18-25-20(15-21(33)26(18)34)29(5)12-14-31(7)24-17-28(4,19(2)32)10-9-27(24,3)11-13-30(31,6)23(29)16-22(25)38(35,36)37-8;1-8-19-15-22-29(5,20-16-21(32)25(33)18(2)24(19)20)12-14-31(7)23-17-28(4,26(34)35)10-9-27(23,3)11-13-30(22,31)6/h14-15,20,24,34-35H,8-13,16H2,1-7H3;15-16,22,24,33-34H,9-14,17H2,1-8H3;1,15-16,19,23,32-33H,9-14,17H2,2-7H3,(H,34,35)/t20?,24-,27-,28-,29+,30-,31+;22?,24-,27-,28-,29+,30-,31+;19?,23-,27-,28-,29+,30-,31+/m111/s1. The Labute approximate surface area is 644 Å². The minimum Gasteiger partial charge on any atom is -0.504 e. The fourth-order valence-electron chi connectivity index (χ4n) is 27.6. The number of carboxylic acids is 1. The second-order valence-corrected chi connectivity index (χ2v) is 43.0. The highest BCUT2D eigenvalue weighted by Crippen LogP contribution is 2.80. The lowest BCUT2D eigenvalue weighted by molar-refractivity contribution is -0.177. The molecule has 12 aliphatic rings. The van der Waals surface area contributed by atoms with Crippen molar-refractivity contribution in [1.29, 1.82) is 5.26 Å². The molecular formula is C93H125NO13S. The summed E-state index contributed by atoms with van der Waals surface area (Å²) < 4.78 is 31.8. The van der Waals surface area contributed by atoms with Crippen LogP contribution in [0.25, 0.3) is 0 Å². The number of aliphatic carboxylic acids is 1. The van der Waals surface area contributed by atoms with E-state index >= 15 is 0 Å². The first-order valence-corrected chi connectivity index (χ1v) is 42.0. The van der Waals surface area contributed by atoms with Gasteiger partial charge in [0, 0.05) is 27.1 Å². The number of carbonyl (C=O) groups is 3. The molecule has 15 heteroatoms. The van der Waals surface area contributed by atoms with E-state index in [4.69, 9.17) is 10.6 Å². The Kier molecular flexibility index (Phi) is 18.2. The number of benzene rings is 3. The number of aromatic hydroxyl groups is 6. The van der Waals surface area contributed by atoms with Crippen LogP contribution in [0.3, 0.4) is 0 Å². The van der Waals surface area contributed by atoms with E-state index in [2.05, 4.69) is 121 Å². The van der Waals surface area contributed by atoms with E-state index in [0.717, 1.165) is 168 Å². The van der Waals surface area contributed by atoms with Crippen LogP contribution in [0, 0.1) is 127 Å². The summed E-state index contributed by atoms with van der Waals surface area (Å²) in [6.45, 7) is 43.5. The van der Waals surface area contributed by atoms with Gasteiger partial charge in [0.05, 0.1) is 30.4 Å². The topological polar surface area (TPSA) is 260 Å². The van der Waals surface area contributed by atoms with Gasteiger partial charge in [0.25, 0.3) is 10.1 Å². The Hall–Kier alpha value is -6.55. The maximum atomic E-state index is 13.4. The summed E-state index contributed by atoms with van der Waals surface area (Å²) in [7, 11) is -2.85. The molecule has 0 saturated heterocycles. The van der Waals surface area contributed by atoms with Gasteiger partial charge < -0.3 is 35.7 Å². The molecule has 0 aromatic heterocycles. The molecule has 586 valence electrons. The number of allylic oxidation sites excluding steroid dienone is 5. The second-order valence-electron chi connectivity index (χ2n) is 41.1. The van der Waals surface area contributed by atoms with E-state index in [0.29, 0.717) is 45.8 Å². The Morgan fingerprint density at radius 1 is 0.444 bits per heavy atom. The van der Waals surface area contributed by atoms with Crippen LogP contribution in [0.15, 0.2) is 53.1 Å². The molecule has 21 atom stereocenters. The number of terminal acetylenes is 1. The third-order valence-corrected chi connectivity index (χ3v) is 37.8. The van der Waals surface area contributed by atoms with E-state index in [1.807, 2.05) is 26.8 Å². The van der Waals surface area contributed by atoms with Crippen molar-refractivity contribution in [2.24, 2.45) is 82.7 Å². The predicted molar refractivity (Wildman–Crippen MR) is 422 cm³/mol. The van der Waals surface area contributed by atoms with Gasteiger partial charge in [0.1, 0.15) is 16.8 Å². The highest BCUT2D eigenvalue weighted by Gasteiger charge is 2.72. The van der Waals surface area contributed by atoms with Crippen molar-refractivity contribution in [2.75, 3.05) is 7.11 Å². The van der Waals surface area contributed by atoms with Crippen molar-refractivity contribution >= 4 is 27.7 Å². The van der Waals surface area contributed by atoms with Crippen molar-refractivity contribution < 1.29 is 62.7 Å². The molecule has 7 N–H and O–H groups in total. The lowest BCUT2D eigenvalue weighted by Crippen LogP contribution is -2.62. The monoisotopic (exact) mass is 1500 g/mol. The van der Waals surface area contributed by atoms with E-state index in [9.17, 15) is 63.8 Å². The first-order chi connectivity index (χ1) is 49.7. The number of Topliss-reactive ketones (excluding diaryl/α,β-unsaturated/α-hetero) is 2. The second kappa shape index (κ2) is 24.7. The van der Waals surface area contributed by atoms with E-state index in [1.165, 1.54) is 18.3 Å². The molecule has 3 unspecified atom stereocenters. The highest BCUT2D eigenvalue weighted by molar-refractivity contribution is 7.87. The van der Waals surface area contributed by atoms with E-state index < -0.39 is 38.1 Å². The van der Waals surface area contributed by atoms with Crippen LogP contribution in [0.4, 0.5) is 0 Å². The maximum Gasteiger partial charge on any atom is 0.309 e. The van der Waals surface area contributed by atoms with Crippen molar-refractivity contribution in [1.82, 2.24) is 0 Å². The molecule has 15 rings (SSSR count). The number of carboxylic acid groups (broad SMARTS) is 1. The average Bonchev–Trinajstić information content (AvgIpc) is 0.683. The molecule has 9 saturated carbocycles. The summed E-state index contributed by atoms with van der Waals surface area (Å²) in [6.07, 6.45) is 32.7. The van der Waals surface area contributed by atoms with Gasteiger partial charge in [-0.3, -0.25) is 18.6 Å². The summed E-state index contributed by atoms with van der Waals surface area (Å²) in [4.78, 5) is 37.9. The smallest absolute Gasteiger partial charge is 0.309 e. The SMILES string of the molecule is C#CC1C=C2[C@@](C)(CC[C@@]3(C)[C@@H]4C[C@](C)(C(=O)O)CC[C@]4(C)CC[C@]23C)c2cc(O)c(O)c(C)c21.CC(=O)[C@]1(C)CC[C@]2(C)CC[C@]3(C)C4=CC(C#N)c5c(cc(O)c(O)c5C)[C@]4(C)CC[C@@]3(C)[C@@H]2C1.COS(=O)(=O)C1C=C2[C@@](C)(CC[C@@]3(C)[C@@H]4C[C@](C)(C(C)=O)CC[C@]4(C)CC[C@]23C)c2cc(O)c(O)c(C)c21. The first-order valence-electron chi connectivity index (χ1n) is 40.5. The quantitative estimate of drug-likeness (QED) is 0.0543. The molecule has 0 radical (unpaired) electrons. The number of ketones is 2. The summed E-state index contributed by atoms with van der Waals surface area (Å²) in [5, 5.41) is 82.7. The Bertz CT molecular complexity index is 4520. The molecule has 14 nitrogen and oxygen atoms in total. The summed E-state index contributed by atoms with van der Waals surface area (Å²) in [5.41, 5.74) is 8.08. The zero-order valence-corrected chi connectivity index (χ0v) is 69.6.